The summed E-state index contributed by atoms with van der Waals surface area (Å²) in [7, 11) is 0. The van der Waals surface area contributed by atoms with Crippen LogP contribution in [0.1, 0.15) is 40.5 Å². The monoisotopic (exact) mass is 493 g/mol. The molecule has 2 saturated heterocycles. The third-order valence-corrected chi connectivity index (χ3v) is 7.52. The van der Waals surface area contributed by atoms with Gasteiger partial charge in [0.2, 0.25) is 11.8 Å². The number of esters is 1. The summed E-state index contributed by atoms with van der Waals surface area (Å²) in [5.41, 5.74) is 0. The number of allylic oxidation sites excluding steroid dienone is 1. The zero-order chi connectivity index (χ0) is 25.5. The lowest BCUT2D eigenvalue weighted by atomic mass is 9.69. The molecule has 9 heteroatoms. The molecule has 0 aromatic carbocycles. The molecule has 6 atom stereocenters. The van der Waals surface area contributed by atoms with Crippen LogP contribution < -0.4 is 5.32 Å². The van der Waals surface area contributed by atoms with Crippen molar-refractivity contribution < 1.29 is 29.0 Å². The Morgan fingerprint density at radius 3 is 2.54 bits per heavy atom. The van der Waals surface area contributed by atoms with E-state index >= 15 is 0 Å². The number of nitrogens with zero attached hydrogens (tertiary/aromatic N) is 2. The van der Waals surface area contributed by atoms with Gasteiger partial charge in [-0.2, -0.15) is 0 Å². The Labute approximate surface area is 209 Å². The Bertz CT molecular complexity index is 766. The van der Waals surface area contributed by atoms with Gasteiger partial charge < -0.3 is 24.8 Å². The lowest BCUT2D eigenvalue weighted by Gasteiger charge is -2.34. The fourth-order valence-electron chi connectivity index (χ4n) is 5.88. The Morgan fingerprint density at radius 2 is 1.94 bits per heavy atom. The van der Waals surface area contributed by atoms with Crippen LogP contribution in [-0.2, 0) is 23.9 Å². The zero-order valence-corrected chi connectivity index (χ0v) is 21.7. The van der Waals surface area contributed by atoms with Gasteiger partial charge in [0.25, 0.3) is 0 Å². The minimum atomic E-state index is -0.765. The Balaban J connectivity index is 1.87. The molecule has 0 aromatic heterocycles. The fraction of sp³-hybridized carbons (Fsp3) is 0.808. The van der Waals surface area contributed by atoms with E-state index in [9.17, 15) is 19.5 Å². The van der Waals surface area contributed by atoms with Crippen molar-refractivity contribution in [1.29, 1.82) is 0 Å². The van der Waals surface area contributed by atoms with Crippen LogP contribution in [0.3, 0.4) is 0 Å². The summed E-state index contributed by atoms with van der Waals surface area (Å²) in [6, 6.07) is -1.25. The van der Waals surface area contributed by atoms with E-state index in [1.165, 1.54) is 0 Å². The summed E-state index contributed by atoms with van der Waals surface area (Å²) in [6.07, 6.45) is 5.19. The van der Waals surface area contributed by atoms with Crippen LogP contribution in [0.5, 0.6) is 0 Å². The molecule has 0 saturated carbocycles. The number of rotatable bonds is 11. The lowest BCUT2D eigenvalue weighted by molar-refractivity contribution is -0.156. The van der Waals surface area contributed by atoms with Crippen LogP contribution in [0.4, 0.5) is 0 Å². The number of carbonyl (C=O) groups is 3. The van der Waals surface area contributed by atoms with Gasteiger partial charge in [0.15, 0.2) is 0 Å². The van der Waals surface area contributed by atoms with Gasteiger partial charge >= 0.3 is 5.97 Å². The molecule has 2 heterocycles. The summed E-state index contributed by atoms with van der Waals surface area (Å²) in [4.78, 5) is 44.3. The number of aliphatic hydroxyl groups excluding tert-OH is 1. The largest absolute Gasteiger partial charge is 0.466 e. The molecule has 1 aliphatic carbocycles. The van der Waals surface area contributed by atoms with Gasteiger partial charge in [0.1, 0.15) is 6.04 Å². The fourth-order valence-corrected chi connectivity index (χ4v) is 5.88. The van der Waals surface area contributed by atoms with Crippen molar-refractivity contribution in [2.24, 2.45) is 29.6 Å². The summed E-state index contributed by atoms with van der Waals surface area (Å²) in [6.45, 7) is 12.0. The third-order valence-electron chi connectivity index (χ3n) is 7.52. The molecular weight excluding hydrogens is 450 g/mol. The standard InChI is InChI=1S/C26H43N3O6/c1-5-18-7-8-20-22(21(18)26(33)35-6-2)25(32)29(19(16-30)15-17(3)4)23(20)24(31)27-9-10-28-11-13-34-14-12-28/h7-8,17-23,30H,5-6,9-16H2,1-4H3,(H,27,31)/t18-,19-,20+,21-,22+,23+/m1/s1. The number of hydrogen-bond donors (Lipinski definition) is 2. The normalized spacial score (nSPS) is 29.8. The number of fused-ring (bicyclic) bond motifs is 1. The maximum atomic E-state index is 13.9. The number of likely N-dealkylation sites (tertiary alicyclic amines) is 1. The predicted molar refractivity (Wildman–Crippen MR) is 131 cm³/mol. The molecule has 0 radical (unpaired) electrons. The second-order valence-electron chi connectivity index (χ2n) is 10.2. The molecule has 0 bridgehead atoms. The lowest BCUT2D eigenvalue weighted by Crippen LogP contribution is -2.53. The van der Waals surface area contributed by atoms with E-state index in [1.807, 2.05) is 32.9 Å². The van der Waals surface area contributed by atoms with E-state index in [1.54, 1.807) is 11.8 Å². The molecule has 2 N–H and O–H groups in total. The van der Waals surface area contributed by atoms with Crippen LogP contribution in [0.15, 0.2) is 12.2 Å². The number of hydrogen-bond acceptors (Lipinski definition) is 7. The molecule has 2 amide bonds. The molecule has 35 heavy (non-hydrogen) atoms. The van der Waals surface area contributed by atoms with Gasteiger partial charge in [-0.05, 0) is 31.6 Å². The van der Waals surface area contributed by atoms with Crippen LogP contribution in [-0.4, -0.2) is 97.4 Å². The SMILES string of the molecule is CCOC(=O)[C@H]1[C@H]2C(=O)N([C@@H](CO)CC(C)C)[C@H](C(=O)NCCN3CCOCC3)[C@H]2C=C[C@H]1CC. The van der Waals surface area contributed by atoms with Crippen molar-refractivity contribution >= 4 is 17.8 Å². The molecular formula is C26H43N3O6. The van der Waals surface area contributed by atoms with Gasteiger partial charge in [-0.25, -0.2) is 0 Å². The minimum Gasteiger partial charge on any atom is -0.466 e. The molecule has 3 aliphatic rings. The summed E-state index contributed by atoms with van der Waals surface area (Å²) >= 11 is 0. The third kappa shape index (κ3) is 6.24. The zero-order valence-electron chi connectivity index (χ0n) is 21.7. The molecule has 198 valence electrons. The molecule has 2 aliphatic heterocycles. The van der Waals surface area contributed by atoms with Crippen molar-refractivity contribution in [2.45, 2.75) is 52.6 Å². The van der Waals surface area contributed by atoms with Crippen LogP contribution in [0, 0.1) is 29.6 Å². The average Bonchev–Trinajstić information content (AvgIpc) is 3.14. The summed E-state index contributed by atoms with van der Waals surface area (Å²) in [5.74, 6) is -2.48. The number of carbonyl (C=O) groups excluding carboxylic acids is 3. The van der Waals surface area contributed by atoms with Crippen LogP contribution in [0.2, 0.25) is 0 Å². The molecule has 3 rings (SSSR count). The van der Waals surface area contributed by atoms with E-state index in [2.05, 4.69) is 10.2 Å². The second-order valence-corrected chi connectivity index (χ2v) is 10.2. The smallest absolute Gasteiger partial charge is 0.310 e. The topological polar surface area (TPSA) is 108 Å². The Hall–Kier alpha value is -1.97. The number of ether oxygens (including phenoxy) is 2. The molecule has 2 fully saturated rings. The molecule has 0 aromatic rings. The van der Waals surface area contributed by atoms with E-state index in [0.717, 1.165) is 13.1 Å². The van der Waals surface area contributed by atoms with Crippen molar-refractivity contribution in [2.75, 3.05) is 52.6 Å². The van der Waals surface area contributed by atoms with E-state index < -0.39 is 29.8 Å². The highest BCUT2D eigenvalue weighted by atomic mass is 16.5. The highest BCUT2D eigenvalue weighted by Gasteiger charge is 2.58. The highest BCUT2D eigenvalue weighted by molar-refractivity contribution is 5.96. The van der Waals surface area contributed by atoms with E-state index in [-0.39, 0.29) is 42.8 Å². The van der Waals surface area contributed by atoms with Gasteiger partial charge in [-0.1, -0.05) is 32.9 Å². The van der Waals surface area contributed by atoms with Crippen LogP contribution in [0.25, 0.3) is 0 Å². The second kappa shape index (κ2) is 12.8. The first kappa shape index (κ1) is 27.6. The van der Waals surface area contributed by atoms with E-state index in [4.69, 9.17) is 9.47 Å². The molecule has 9 nitrogen and oxygen atoms in total. The predicted octanol–water partition coefficient (Wildman–Crippen LogP) is 1.06. The maximum absolute atomic E-state index is 13.9. The maximum Gasteiger partial charge on any atom is 0.310 e. The number of nitrogens with one attached hydrogen (secondary N) is 1. The van der Waals surface area contributed by atoms with Gasteiger partial charge in [0, 0.05) is 32.1 Å². The van der Waals surface area contributed by atoms with Gasteiger partial charge in [-0.3, -0.25) is 19.3 Å². The van der Waals surface area contributed by atoms with Crippen LogP contribution >= 0.6 is 0 Å². The quantitative estimate of drug-likeness (QED) is 0.327. The Morgan fingerprint density at radius 1 is 1.23 bits per heavy atom. The first-order valence-corrected chi connectivity index (χ1v) is 13.2. The highest BCUT2D eigenvalue weighted by Crippen LogP contribution is 2.46. The minimum absolute atomic E-state index is 0.123. The Kier molecular flexibility index (Phi) is 10.1. The molecule has 0 unspecified atom stereocenters. The van der Waals surface area contributed by atoms with Crippen molar-refractivity contribution in [3.8, 4) is 0 Å². The summed E-state index contributed by atoms with van der Waals surface area (Å²) < 4.78 is 10.8. The molecule has 0 spiro atoms. The van der Waals surface area contributed by atoms with E-state index in [0.29, 0.717) is 39.1 Å². The van der Waals surface area contributed by atoms with Crippen molar-refractivity contribution in [3.05, 3.63) is 12.2 Å². The number of aliphatic hydroxyl groups is 1. The summed E-state index contributed by atoms with van der Waals surface area (Å²) in [5, 5.41) is 13.3. The van der Waals surface area contributed by atoms with Gasteiger partial charge in [0.05, 0.1) is 44.3 Å². The average molecular weight is 494 g/mol. The van der Waals surface area contributed by atoms with Crippen molar-refractivity contribution in [3.63, 3.8) is 0 Å². The van der Waals surface area contributed by atoms with Crippen molar-refractivity contribution in [1.82, 2.24) is 15.1 Å². The first-order valence-electron chi connectivity index (χ1n) is 13.2. The first-order chi connectivity index (χ1) is 16.8. The number of amides is 2. The van der Waals surface area contributed by atoms with Gasteiger partial charge in [-0.15, -0.1) is 0 Å². The number of morpholine rings is 1.